The van der Waals surface area contributed by atoms with Gasteiger partial charge >= 0.3 is 0 Å². The molecule has 2 atom stereocenters. The quantitative estimate of drug-likeness (QED) is 0.687. The van der Waals surface area contributed by atoms with E-state index in [4.69, 9.17) is 0 Å². The lowest BCUT2D eigenvalue weighted by Gasteiger charge is -2.44. The molecule has 0 aliphatic heterocycles. The van der Waals surface area contributed by atoms with Crippen molar-refractivity contribution in [1.82, 2.24) is 0 Å². The van der Waals surface area contributed by atoms with Crippen LogP contribution in [0.4, 0.5) is 0 Å². The van der Waals surface area contributed by atoms with Crippen molar-refractivity contribution in [2.75, 3.05) is 0 Å². The molecule has 0 spiro atoms. The van der Waals surface area contributed by atoms with Gasteiger partial charge in [0.2, 0.25) is 0 Å². The highest BCUT2D eigenvalue weighted by Gasteiger charge is 2.44. The van der Waals surface area contributed by atoms with Crippen LogP contribution >= 0.6 is 0 Å². The van der Waals surface area contributed by atoms with Crippen LogP contribution in [0.25, 0.3) is 0 Å². The fourth-order valence-corrected chi connectivity index (χ4v) is 2.17. The van der Waals surface area contributed by atoms with Gasteiger partial charge in [0.1, 0.15) is 5.60 Å². The Morgan fingerprint density at radius 1 is 1.47 bits per heavy atom. The second-order valence-electron chi connectivity index (χ2n) is 5.18. The summed E-state index contributed by atoms with van der Waals surface area (Å²) in [7, 11) is 0. The van der Waals surface area contributed by atoms with E-state index in [9.17, 15) is 10.2 Å². The predicted octanol–water partition coefficient (Wildman–Crippen LogP) is 2.42. The highest BCUT2D eigenvalue weighted by Crippen LogP contribution is 2.45. The second-order valence-corrected chi connectivity index (χ2v) is 5.18. The van der Waals surface area contributed by atoms with Crippen molar-refractivity contribution in [3.8, 4) is 0 Å². The van der Waals surface area contributed by atoms with Gasteiger partial charge in [-0.1, -0.05) is 26.0 Å². The summed E-state index contributed by atoms with van der Waals surface area (Å²) in [5.41, 5.74) is -0.102. The molecule has 2 unspecified atom stereocenters. The first kappa shape index (κ1) is 12.5. The van der Waals surface area contributed by atoms with E-state index in [1.54, 1.807) is 19.1 Å². The zero-order valence-electron chi connectivity index (χ0n) is 10.1. The molecule has 0 aromatic rings. The van der Waals surface area contributed by atoms with Crippen LogP contribution in [0.2, 0.25) is 0 Å². The maximum absolute atomic E-state index is 10.7. The predicted molar refractivity (Wildman–Crippen MR) is 62.5 cm³/mol. The van der Waals surface area contributed by atoms with Crippen molar-refractivity contribution in [3.05, 3.63) is 23.8 Å². The largest absolute Gasteiger partial charge is 0.389 e. The molecule has 0 saturated carbocycles. The molecule has 0 amide bonds. The van der Waals surface area contributed by atoms with Crippen molar-refractivity contribution < 1.29 is 10.2 Å². The molecule has 2 heteroatoms. The molecule has 0 aromatic carbocycles. The zero-order chi connectivity index (χ0) is 11.7. The third-order valence-corrected chi connectivity index (χ3v) is 3.47. The average Bonchev–Trinajstić information content (AvgIpc) is 2.11. The normalized spacial score (nSPS) is 32.8. The molecule has 86 valence electrons. The molecule has 2 N–H and O–H groups in total. The van der Waals surface area contributed by atoms with Gasteiger partial charge < -0.3 is 10.2 Å². The highest BCUT2D eigenvalue weighted by molar-refractivity contribution is 5.30. The van der Waals surface area contributed by atoms with E-state index in [1.807, 2.05) is 6.92 Å². The van der Waals surface area contributed by atoms with Crippen LogP contribution in [0.15, 0.2) is 23.8 Å². The molecule has 0 bridgehead atoms. The number of hydrogen-bond acceptors (Lipinski definition) is 2. The van der Waals surface area contributed by atoms with Gasteiger partial charge in [0, 0.05) is 5.41 Å². The Morgan fingerprint density at radius 2 is 2.07 bits per heavy atom. The lowest BCUT2D eigenvalue weighted by molar-refractivity contribution is -0.00442. The highest BCUT2D eigenvalue weighted by atomic mass is 16.3. The zero-order valence-corrected chi connectivity index (χ0v) is 10.1. The first-order valence-corrected chi connectivity index (χ1v) is 5.56. The van der Waals surface area contributed by atoms with Crippen LogP contribution in [0.3, 0.4) is 0 Å². The Bertz CT molecular complexity index is 287. The van der Waals surface area contributed by atoms with E-state index >= 15 is 0 Å². The van der Waals surface area contributed by atoms with Gasteiger partial charge in [-0.2, -0.15) is 0 Å². The molecule has 1 rings (SSSR count). The Balaban J connectivity index is 3.05. The Hall–Kier alpha value is -0.600. The molecule has 0 heterocycles. The average molecular weight is 210 g/mol. The van der Waals surface area contributed by atoms with Crippen molar-refractivity contribution in [3.63, 3.8) is 0 Å². The van der Waals surface area contributed by atoms with Crippen LogP contribution in [-0.4, -0.2) is 21.9 Å². The fraction of sp³-hybridized carbons (Fsp3) is 0.692. The van der Waals surface area contributed by atoms with E-state index in [2.05, 4.69) is 19.9 Å². The van der Waals surface area contributed by atoms with Gasteiger partial charge in [-0.05, 0) is 38.3 Å². The summed E-state index contributed by atoms with van der Waals surface area (Å²) in [4.78, 5) is 0. The maximum atomic E-state index is 10.7. The summed E-state index contributed by atoms with van der Waals surface area (Å²) in [6, 6.07) is 0. The summed E-state index contributed by atoms with van der Waals surface area (Å²) >= 11 is 0. The number of rotatable bonds is 2. The van der Waals surface area contributed by atoms with E-state index in [1.165, 1.54) is 0 Å². The molecule has 2 nitrogen and oxygen atoms in total. The molecule has 0 fully saturated rings. The minimum Gasteiger partial charge on any atom is -0.389 e. The van der Waals surface area contributed by atoms with Crippen LogP contribution in [0, 0.1) is 5.41 Å². The number of allylic oxidation sites excluding steroid dienone is 1. The van der Waals surface area contributed by atoms with Gasteiger partial charge in [0.25, 0.3) is 0 Å². The topological polar surface area (TPSA) is 40.5 Å². The molecular formula is C13H22O2. The first-order valence-electron chi connectivity index (χ1n) is 5.56. The molecule has 0 aromatic heterocycles. The van der Waals surface area contributed by atoms with Crippen molar-refractivity contribution >= 4 is 0 Å². The molecule has 0 radical (unpaired) electrons. The van der Waals surface area contributed by atoms with Crippen molar-refractivity contribution in [1.29, 1.82) is 0 Å². The van der Waals surface area contributed by atoms with Crippen LogP contribution < -0.4 is 0 Å². The SMILES string of the molecule is CC1=CCCC(C)(C)C1(O)C=CC(C)O. The maximum Gasteiger partial charge on any atom is 0.109 e. The Kier molecular flexibility index (Phi) is 3.41. The minimum absolute atomic E-state index is 0.169. The third kappa shape index (κ3) is 2.32. The minimum atomic E-state index is -0.914. The lowest BCUT2D eigenvalue weighted by Crippen LogP contribution is -2.46. The standard InChI is InChI=1S/C13H22O2/c1-10-6-5-8-12(3,4)13(10,15)9-7-11(2)14/h6-7,9,11,14-15H,5,8H2,1-4H3. The Morgan fingerprint density at radius 3 is 2.53 bits per heavy atom. The first-order chi connectivity index (χ1) is 6.79. The smallest absolute Gasteiger partial charge is 0.109 e. The number of aliphatic hydroxyl groups excluding tert-OH is 1. The van der Waals surface area contributed by atoms with Gasteiger partial charge in [-0.3, -0.25) is 0 Å². The van der Waals surface area contributed by atoms with E-state index in [0.717, 1.165) is 18.4 Å². The molecule has 0 saturated heterocycles. The fourth-order valence-electron chi connectivity index (χ4n) is 2.17. The van der Waals surface area contributed by atoms with Gasteiger partial charge in [-0.15, -0.1) is 0 Å². The molecule has 15 heavy (non-hydrogen) atoms. The van der Waals surface area contributed by atoms with Crippen LogP contribution in [0.5, 0.6) is 0 Å². The van der Waals surface area contributed by atoms with E-state index in [-0.39, 0.29) is 5.41 Å². The molecule has 1 aliphatic rings. The van der Waals surface area contributed by atoms with Gasteiger partial charge in [0.05, 0.1) is 6.10 Å². The van der Waals surface area contributed by atoms with E-state index < -0.39 is 11.7 Å². The second kappa shape index (κ2) is 4.11. The van der Waals surface area contributed by atoms with Crippen LogP contribution in [-0.2, 0) is 0 Å². The molecular weight excluding hydrogens is 188 g/mol. The van der Waals surface area contributed by atoms with E-state index in [0.29, 0.717) is 0 Å². The number of hydrogen-bond donors (Lipinski definition) is 2. The van der Waals surface area contributed by atoms with Crippen molar-refractivity contribution in [2.45, 2.75) is 52.2 Å². The van der Waals surface area contributed by atoms with Crippen LogP contribution in [0.1, 0.15) is 40.5 Å². The summed E-state index contributed by atoms with van der Waals surface area (Å²) in [5.74, 6) is 0. The Labute approximate surface area is 92.3 Å². The summed E-state index contributed by atoms with van der Waals surface area (Å²) < 4.78 is 0. The van der Waals surface area contributed by atoms with Gasteiger partial charge in [0.15, 0.2) is 0 Å². The van der Waals surface area contributed by atoms with Gasteiger partial charge in [-0.25, -0.2) is 0 Å². The van der Waals surface area contributed by atoms with Crippen molar-refractivity contribution in [2.24, 2.45) is 5.41 Å². The summed E-state index contributed by atoms with van der Waals surface area (Å²) in [6.07, 6.45) is 6.94. The number of aliphatic hydroxyl groups is 2. The summed E-state index contributed by atoms with van der Waals surface area (Å²) in [5, 5.41) is 19.9. The monoisotopic (exact) mass is 210 g/mol. The lowest BCUT2D eigenvalue weighted by atomic mass is 9.65. The summed E-state index contributed by atoms with van der Waals surface area (Å²) in [6.45, 7) is 7.77. The third-order valence-electron chi connectivity index (χ3n) is 3.47. The molecule has 1 aliphatic carbocycles.